The quantitative estimate of drug-likeness (QED) is 0.901. The zero-order valence-corrected chi connectivity index (χ0v) is 12.5. The molecule has 23 heavy (non-hydrogen) atoms. The van der Waals surface area contributed by atoms with Gasteiger partial charge in [0, 0.05) is 0 Å². The van der Waals surface area contributed by atoms with E-state index < -0.39 is 28.9 Å². The third-order valence-corrected chi connectivity index (χ3v) is 3.95. The molecular weight excluding hydrogens is 302 g/mol. The van der Waals surface area contributed by atoms with Crippen LogP contribution in [0, 0.1) is 11.6 Å². The maximum absolute atomic E-state index is 13.6. The first kappa shape index (κ1) is 15.3. The van der Waals surface area contributed by atoms with E-state index in [4.69, 9.17) is 4.74 Å². The molecule has 2 aromatic rings. The van der Waals surface area contributed by atoms with Gasteiger partial charge < -0.3 is 15.4 Å². The zero-order valence-electron chi connectivity index (χ0n) is 12.5. The monoisotopic (exact) mass is 318 g/mol. The minimum atomic E-state index is -0.811. The Bertz CT molecular complexity index is 708. The highest BCUT2D eigenvalue weighted by atomic mass is 19.1. The molecule has 1 aliphatic rings. The molecule has 2 aromatic carbocycles. The van der Waals surface area contributed by atoms with E-state index in [0.29, 0.717) is 0 Å². The van der Waals surface area contributed by atoms with Crippen LogP contribution in [0.4, 0.5) is 19.3 Å². The first-order chi connectivity index (χ1) is 11.0. The maximum Gasteiger partial charge on any atom is 0.320 e. The van der Waals surface area contributed by atoms with E-state index in [2.05, 4.69) is 10.6 Å². The van der Waals surface area contributed by atoms with E-state index in [1.807, 2.05) is 24.3 Å². The van der Waals surface area contributed by atoms with Gasteiger partial charge in [0.2, 0.25) is 0 Å². The van der Waals surface area contributed by atoms with Crippen molar-refractivity contribution in [3.8, 4) is 5.75 Å². The highest BCUT2D eigenvalue weighted by molar-refractivity contribution is 5.90. The maximum atomic E-state index is 13.6. The number of nitrogens with one attached hydrogen (secondary N) is 2. The lowest BCUT2D eigenvalue weighted by Gasteiger charge is -2.19. The number of carbonyl (C=O) groups excluding carboxylic acids is 1. The van der Waals surface area contributed by atoms with Gasteiger partial charge in [-0.2, -0.15) is 0 Å². The molecule has 4 nitrogen and oxygen atoms in total. The van der Waals surface area contributed by atoms with E-state index >= 15 is 0 Å². The second-order valence-electron chi connectivity index (χ2n) is 5.49. The minimum absolute atomic E-state index is 0.449. The van der Waals surface area contributed by atoms with Gasteiger partial charge in [-0.3, -0.25) is 0 Å². The van der Waals surface area contributed by atoms with Crippen LogP contribution in [0.5, 0.6) is 5.75 Å². The van der Waals surface area contributed by atoms with Gasteiger partial charge in [0.05, 0.1) is 12.6 Å². The van der Waals surface area contributed by atoms with E-state index in [0.717, 1.165) is 36.3 Å². The van der Waals surface area contributed by atoms with Gasteiger partial charge in [0.25, 0.3) is 0 Å². The molecule has 0 unspecified atom stereocenters. The number of hydrogen-bond donors (Lipinski definition) is 2. The molecule has 0 aromatic heterocycles. The summed E-state index contributed by atoms with van der Waals surface area (Å²) in [5, 5.41) is 5.04. The highest BCUT2D eigenvalue weighted by Gasteiger charge is 2.45. The fraction of sp³-hybridized carbons (Fsp3) is 0.235. The molecular formula is C17H16F2N2O2. The highest BCUT2D eigenvalue weighted by Crippen LogP contribution is 2.45. The zero-order chi connectivity index (χ0) is 16.4. The van der Waals surface area contributed by atoms with Gasteiger partial charge in [0.15, 0.2) is 0 Å². The number of anilines is 1. The molecule has 0 radical (unpaired) electrons. The van der Waals surface area contributed by atoms with Crippen molar-refractivity contribution in [2.45, 2.75) is 18.4 Å². The van der Waals surface area contributed by atoms with E-state index in [-0.39, 0.29) is 0 Å². The number of para-hydroxylation sites is 1. The third kappa shape index (κ3) is 3.11. The molecule has 1 saturated carbocycles. The molecule has 3 rings (SSSR count). The second kappa shape index (κ2) is 5.87. The number of ether oxygens (including phenoxy) is 1. The largest absolute Gasteiger partial charge is 0.497 e. The van der Waals surface area contributed by atoms with Crippen LogP contribution in [0.25, 0.3) is 0 Å². The minimum Gasteiger partial charge on any atom is -0.497 e. The van der Waals surface area contributed by atoms with Crippen molar-refractivity contribution in [3.05, 3.63) is 59.7 Å². The lowest BCUT2D eigenvalue weighted by atomic mass is 10.1. The number of rotatable bonds is 4. The van der Waals surface area contributed by atoms with Crippen molar-refractivity contribution >= 4 is 11.7 Å². The van der Waals surface area contributed by atoms with Gasteiger partial charge >= 0.3 is 6.03 Å². The Labute approximate surface area is 132 Å². The second-order valence-corrected chi connectivity index (χ2v) is 5.49. The van der Waals surface area contributed by atoms with Crippen LogP contribution in [0.1, 0.15) is 18.4 Å². The summed E-state index contributed by atoms with van der Waals surface area (Å²) >= 11 is 0. The molecule has 6 heteroatoms. The molecule has 1 aliphatic carbocycles. The molecule has 1 fully saturated rings. The predicted octanol–water partition coefficient (Wildman–Crippen LogP) is 3.78. The van der Waals surface area contributed by atoms with Crippen LogP contribution in [-0.4, -0.2) is 13.1 Å². The predicted molar refractivity (Wildman–Crippen MR) is 82.4 cm³/mol. The van der Waals surface area contributed by atoms with Crippen molar-refractivity contribution in [1.82, 2.24) is 5.32 Å². The summed E-state index contributed by atoms with van der Waals surface area (Å²) < 4.78 is 32.2. The fourth-order valence-electron chi connectivity index (χ4n) is 2.50. The van der Waals surface area contributed by atoms with Crippen molar-refractivity contribution in [1.29, 1.82) is 0 Å². The van der Waals surface area contributed by atoms with Crippen LogP contribution < -0.4 is 15.4 Å². The number of urea groups is 1. The van der Waals surface area contributed by atoms with E-state index in [1.54, 1.807) is 7.11 Å². The summed E-state index contributed by atoms with van der Waals surface area (Å²) in [5.41, 5.74) is -0.00376. The summed E-state index contributed by atoms with van der Waals surface area (Å²) in [6.07, 6.45) is 1.54. The van der Waals surface area contributed by atoms with Crippen molar-refractivity contribution in [3.63, 3.8) is 0 Å². The summed E-state index contributed by atoms with van der Waals surface area (Å²) in [5.74, 6) is -0.897. The van der Waals surface area contributed by atoms with E-state index in [1.165, 1.54) is 6.07 Å². The summed E-state index contributed by atoms with van der Waals surface area (Å²) in [4.78, 5) is 12.1. The average molecular weight is 318 g/mol. The standard InChI is InChI=1S/C17H16F2N2O2/c1-23-12-7-5-11(6-8-12)17(9-10-17)21-16(22)20-15-13(18)3-2-4-14(15)19/h2-8H,9-10H2,1H3,(H2,20,21,22). The molecule has 0 aliphatic heterocycles. The number of methoxy groups -OCH3 is 1. The lowest BCUT2D eigenvalue weighted by Crippen LogP contribution is -2.38. The summed E-state index contributed by atoms with van der Waals surface area (Å²) in [6.45, 7) is 0. The molecule has 120 valence electrons. The molecule has 0 atom stereocenters. The van der Waals surface area contributed by atoms with Crippen LogP contribution in [0.15, 0.2) is 42.5 Å². The molecule has 2 N–H and O–H groups in total. The Morgan fingerprint density at radius 2 is 1.70 bits per heavy atom. The summed E-state index contributed by atoms with van der Waals surface area (Å²) in [7, 11) is 1.58. The van der Waals surface area contributed by atoms with Crippen LogP contribution in [0.2, 0.25) is 0 Å². The molecule has 0 heterocycles. The molecule has 0 bridgehead atoms. The van der Waals surface area contributed by atoms with Crippen molar-refractivity contribution in [2.24, 2.45) is 0 Å². The number of hydrogen-bond acceptors (Lipinski definition) is 2. The van der Waals surface area contributed by atoms with Gasteiger partial charge in [-0.1, -0.05) is 18.2 Å². The van der Waals surface area contributed by atoms with Crippen molar-refractivity contribution in [2.75, 3.05) is 12.4 Å². The van der Waals surface area contributed by atoms with Crippen LogP contribution in [-0.2, 0) is 5.54 Å². The molecule has 2 amide bonds. The van der Waals surface area contributed by atoms with Gasteiger partial charge in [-0.05, 0) is 42.7 Å². The van der Waals surface area contributed by atoms with E-state index in [9.17, 15) is 13.6 Å². The first-order valence-corrected chi connectivity index (χ1v) is 7.22. The van der Waals surface area contributed by atoms with Crippen LogP contribution in [0.3, 0.4) is 0 Å². The third-order valence-electron chi connectivity index (χ3n) is 3.95. The Morgan fingerprint density at radius 1 is 1.09 bits per heavy atom. The fourth-order valence-corrected chi connectivity index (χ4v) is 2.50. The Balaban J connectivity index is 1.72. The van der Waals surface area contributed by atoms with Gasteiger partial charge in [-0.25, -0.2) is 13.6 Å². The number of carbonyl (C=O) groups is 1. The first-order valence-electron chi connectivity index (χ1n) is 7.22. The molecule has 0 saturated heterocycles. The average Bonchev–Trinajstić information content (AvgIpc) is 3.32. The lowest BCUT2D eigenvalue weighted by molar-refractivity contribution is 0.247. The Kier molecular flexibility index (Phi) is 3.90. The number of benzene rings is 2. The number of halogens is 2. The Hall–Kier alpha value is -2.63. The smallest absolute Gasteiger partial charge is 0.320 e. The van der Waals surface area contributed by atoms with Crippen molar-refractivity contribution < 1.29 is 18.3 Å². The topological polar surface area (TPSA) is 50.4 Å². The van der Waals surface area contributed by atoms with Gasteiger partial charge in [0.1, 0.15) is 23.1 Å². The molecule has 0 spiro atoms. The normalized spacial score (nSPS) is 14.9. The van der Waals surface area contributed by atoms with Gasteiger partial charge in [-0.15, -0.1) is 0 Å². The summed E-state index contributed by atoms with van der Waals surface area (Å²) in [6, 6.07) is 10.2. The Morgan fingerprint density at radius 3 is 2.22 bits per heavy atom. The SMILES string of the molecule is COc1ccc(C2(NC(=O)Nc3c(F)cccc3F)CC2)cc1. The van der Waals surface area contributed by atoms with Crippen LogP contribution >= 0.6 is 0 Å². The number of amides is 2.